The second-order valence-corrected chi connectivity index (χ2v) is 4.43. The maximum atomic E-state index is 11.2. The molecule has 84 valence electrons. The predicted molar refractivity (Wildman–Crippen MR) is 55.4 cm³/mol. The van der Waals surface area contributed by atoms with Crippen LogP contribution in [0.2, 0.25) is 0 Å². The number of ether oxygens (including phenoxy) is 1. The third-order valence-corrected chi connectivity index (χ3v) is 2.77. The number of hydrogen-bond acceptors (Lipinski definition) is 6. The summed E-state index contributed by atoms with van der Waals surface area (Å²) in [5, 5.41) is 11.8. The minimum Gasteiger partial charge on any atom is -0.466 e. The van der Waals surface area contributed by atoms with Crippen molar-refractivity contribution in [1.82, 2.24) is 20.2 Å². The van der Waals surface area contributed by atoms with E-state index in [9.17, 15) is 4.79 Å². The zero-order valence-electron chi connectivity index (χ0n) is 9.01. The topological polar surface area (TPSA) is 69.9 Å². The minimum atomic E-state index is -0.187. The van der Waals surface area contributed by atoms with E-state index in [2.05, 4.69) is 15.5 Å². The molecule has 0 N–H and O–H groups in total. The highest BCUT2D eigenvalue weighted by molar-refractivity contribution is 7.99. The van der Waals surface area contributed by atoms with Crippen molar-refractivity contribution in [1.29, 1.82) is 0 Å². The van der Waals surface area contributed by atoms with Crippen LogP contribution in [0.5, 0.6) is 0 Å². The van der Waals surface area contributed by atoms with Gasteiger partial charge in [0, 0.05) is 12.3 Å². The molecule has 0 saturated carbocycles. The molecule has 0 radical (unpaired) electrons. The van der Waals surface area contributed by atoms with Crippen LogP contribution >= 0.6 is 11.8 Å². The number of aromatic nitrogens is 4. The molecule has 15 heavy (non-hydrogen) atoms. The summed E-state index contributed by atoms with van der Waals surface area (Å²) >= 11 is 1.46. The Morgan fingerprint density at radius 2 is 2.40 bits per heavy atom. The van der Waals surface area contributed by atoms with Crippen molar-refractivity contribution in [2.24, 2.45) is 7.05 Å². The normalized spacial score (nSPS) is 12.5. The van der Waals surface area contributed by atoms with Gasteiger partial charge in [0.05, 0.1) is 13.0 Å². The van der Waals surface area contributed by atoms with Gasteiger partial charge in [-0.15, -0.1) is 5.10 Å². The molecule has 0 aromatic carbocycles. The molecular formula is C8H14N4O2S. The molecule has 1 atom stereocenters. The molecule has 1 aromatic rings. The molecule has 0 fully saturated rings. The summed E-state index contributed by atoms with van der Waals surface area (Å²) in [4.78, 5) is 11.2. The Balaban J connectivity index is 2.39. The summed E-state index contributed by atoms with van der Waals surface area (Å²) < 4.78 is 6.43. The maximum Gasteiger partial charge on any atom is 0.306 e. The van der Waals surface area contributed by atoms with E-state index in [4.69, 9.17) is 4.74 Å². The van der Waals surface area contributed by atoms with Crippen molar-refractivity contribution in [3.8, 4) is 0 Å². The highest BCUT2D eigenvalue weighted by Gasteiger charge is 2.14. The number of thioether (sulfide) groups is 1. The molecule has 1 heterocycles. The number of hydrogen-bond donors (Lipinski definition) is 0. The lowest BCUT2D eigenvalue weighted by atomic mass is 10.3. The highest BCUT2D eigenvalue weighted by Crippen LogP contribution is 2.21. The lowest BCUT2D eigenvalue weighted by Crippen LogP contribution is -2.11. The molecule has 0 bridgehead atoms. The Labute approximate surface area is 92.4 Å². The third kappa shape index (κ3) is 3.86. The Morgan fingerprint density at radius 3 is 2.93 bits per heavy atom. The Hall–Kier alpha value is -1.11. The number of esters is 1. The van der Waals surface area contributed by atoms with Crippen LogP contribution in [0.25, 0.3) is 0 Å². The number of carbonyl (C=O) groups is 1. The fraction of sp³-hybridized carbons (Fsp3) is 0.750. The lowest BCUT2D eigenvalue weighted by molar-refractivity contribution is -0.142. The minimum absolute atomic E-state index is 0.105. The van der Waals surface area contributed by atoms with Gasteiger partial charge < -0.3 is 4.74 Å². The van der Waals surface area contributed by atoms with Crippen molar-refractivity contribution in [3.63, 3.8) is 0 Å². The Bertz CT molecular complexity index is 328. The van der Waals surface area contributed by atoms with E-state index in [1.807, 2.05) is 6.92 Å². The van der Waals surface area contributed by atoms with Crippen molar-refractivity contribution in [2.75, 3.05) is 6.61 Å². The van der Waals surface area contributed by atoms with Gasteiger partial charge in [-0.3, -0.25) is 4.79 Å². The Kier molecular flexibility index (Phi) is 4.54. The third-order valence-electron chi connectivity index (χ3n) is 1.65. The van der Waals surface area contributed by atoms with Gasteiger partial charge in [0.1, 0.15) is 0 Å². The van der Waals surface area contributed by atoms with Crippen LogP contribution < -0.4 is 0 Å². The number of nitrogens with zero attached hydrogens (tertiary/aromatic N) is 4. The van der Waals surface area contributed by atoms with Crippen LogP contribution in [-0.4, -0.2) is 38.0 Å². The average Bonchev–Trinajstić information content (AvgIpc) is 2.52. The van der Waals surface area contributed by atoms with Gasteiger partial charge in [0.25, 0.3) is 0 Å². The molecule has 0 aliphatic heterocycles. The van der Waals surface area contributed by atoms with Crippen molar-refractivity contribution >= 4 is 17.7 Å². The molecule has 1 unspecified atom stereocenters. The fourth-order valence-corrected chi connectivity index (χ4v) is 1.85. The number of aryl methyl sites for hydroxylation is 1. The van der Waals surface area contributed by atoms with Crippen molar-refractivity contribution in [2.45, 2.75) is 30.7 Å². The van der Waals surface area contributed by atoms with E-state index in [0.717, 1.165) is 0 Å². The SMILES string of the molecule is CCOC(=O)CC(C)Sc1nnnn1C. The molecule has 7 heteroatoms. The molecule has 0 aliphatic rings. The number of carbonyl (C=O) groups excluding carboxylic acids is 1. The van der Waals surface area contributed by atoms with Gasteiger partial charge >= 0.3 is 5.97 Å². The van der Waals surface area contributed by atoms with Crippen LogP contribution in [0.4, 0.5) is 0 Å². The molecule has 6 nitrogen and oxygen atoms in total. The maximum absolute atomic E-state index is 11.2. The first-order chi connectivity index (χ1) is 7.13. The van der Waals surface area contributed by atoms with Crippen molar-refractivity contribution < 1.29 is 9.53 Å². The quantitative estimate of drug-likeness (QED) is 0.546. The van der Waals surface area contributed by atoms with Crippen LogP contribution in [0, 0.1) is 0 Å². The molecule has 0 spiro atoms. The van der Waals surface area contributed by atoms with E-state index in [0.29, 0.717) is 18.2 Å². The monoisotopic (exact) mass is 230 g/mol. The van der Waals surface area contributed by atoms with Gasteiger partial charge in [0.15, 0.2) is 0 Å². The van der Waals surface area contributed by atoms with Crippen LogP contribution in [0.1, 0.15) is 20.3 Å². The smallest absolute Gasteiger partial charge is 0.306 e. The zero-order valence-corrected chi connectivity index (χ0v) is 9.82. The van der Waals surface area contributed by atoms with E-state index in [1.54, 1.807) is 18.7 Å². The average molecular weight is 230 g/mol. The number of rotatable bonds is 5. The fourth-order valence-electron chi connectivity index (χ4n) is 0.997. The highest BCUT2D eigenvalue weighted by atomic mass is 32.2. The van der Waals surface area contributed by atoms with E-state index >= 15 is 0 Å². The van der Waals surface area contributed by atoms with Gasteiger partial charge in [-0.05, 0) is 17.4 Å². The first-order valence-electron chi connectivity index (χ1n) is 4.68. The first-order valence-corrected chi connectivity index (χ1v) is 5.56. The van der Waals surface area contributed by atoms with E-state index in [1.165, 1.54) is 11.8 Å². The van der Waals surface area contributed by atoms with Gasteiger partial charge in [-0.1, -0.05) is 18.7 Å². The standard InChI is InChI=1S/C8H14N4O2S/c1-4-14-7(13)5-6(2)15-8-9-10-11-12(8)3/h6H,4-5H2,1-3H3. The molecular weight excluding hydrogens is 216 g/mol. The van der Waals surface area contributed by atoms with Gasteiger partial charge in [0.2, 0.25) is 5.16 Å². The van der Waals surface area contributed by atoms with Crippen LogP contribution in [0.15, 0.2) is 5.16 Å². The molecule has 0 amide bonds. The summed E-state index contributed by atoms with van der Waals surface area (Å²) in [5.41, 5.74) is 0. The van der Waals surface area contributed by atoms with E-state index in [-0.39, 0.29) is 11.2 Å². The second-order valence-electron chi connectivity index (χ2n) is 3.02. The summed E-state index contributed by atoms with van der Waals surface area (Å²) in [6, 6.07) is 0. The van der Waals surface area contributed by atoms with Crippen LogP contribution in [-0.2, 0) is 16.6 Å². The lowest BCUT2D eigenvalue weighted by Gasteiger charge is -2.08. The van der Waals surface area contributed by atoms with Gasteiger partial charge in [-0.2, -0.15) is 0 Å². The first kappa shape index (κ1) is 12.0. The molecule has 1 rings (SSSR count). The predicted octanol–water partition coefficient (Wildman–Crippen LogP) is 0.644. The zero-order chi connectivity index (χ0) is 11.3. The molecule has 0 aliphatic carbocycles. The summed E-state index contributed by atoms with van der Waals surface area (Å²) in [7, 11) is 1.76. The molecule has 0 saturated heterocycles. The summed E-state index contributed by atoms with van der Waals surface area (Å²) in [5.74, 6) is -0.187. The molecule has 1 aromatic heterocycles. The van der Waals surface area contributed by atoms with E-state index < -0.39 is 0 Å². The van der Waals surface area contributed by atoms with Gasteiger partial charge in [-0.25, -0.2) is 4.68 Å². The summed E-state index contributed by atoms with van der Waals surface area (Å²) in [6.07, 6.45) is 0.366. The van der Waals surface area contributed by atoms with Crippen molar-refractivity contribution in [3.05, 3.63) is 0 Å². The summed E-state index contributed by atoms with van der Waals surface area (Å²) in [6.45, 7) is 4.15. The largest absolute Gasteiger partial charge is 0.466 e. The van der Waals surface area contributed by atoms with Crippen LogP contribution in [0.3, 0.4) is 0 Å². The number of tetrazole rings is 1. The Morgan fingerprint density at radius 1 is 1.67 bits per heavy atom. The second kappa shape index (κ2) is 5.69.